The van der Waals surface area contributed by atoms with E-state index in [9.17, 15) is 13.9 Å². The molecule has 1 N–H and O–H groups in total. The summed E-state index contributed by atoms with van der Waals surface area (Å²) in [4.78, 5) is 0. The van der Waals surface area contributed by atoms with Crippen LogP contribution >= 0.6 is 0 Å². The second kappa shape index (κ2) is 5.57. The number of aliphatic hydroxyl groups excluding tert-OH is 1. The molecule has 6 heteroatoms. The Balaban J connectivity index is 1.69. The van der Waals surface area contributed by atoms with Gasteiger partial charge < -0.3 is 19.3 Å². The molecule has 3 rings (SSSR count). The van der Waals surface area contributed by atoms with Crippen LogP contribution in [0.3, 0.4) is 0 Å². The summed E-state index contributed by atoms with van der Waals surface area (Å²) in [5, 5.41) is 10.0. The van der Waals surface area contributed by atoms with Gasteiger partial charge >= 0.3 is 0 Å². The number of rotatable bonds is 4. The highest BCUT2D eigenvalue weighted by atomic mass is 19.1. The van der Waals surface area contributed by atoms with Gasteiger partial charge in [0.15, 0.2) is 23.1 Å². The topological polar surface area (TPSA) is 47.9 Å². The van der Waals surface area contributed by atoms with E-state index in [2.05, 4.69) is 0 Å². The van der Waals surface area contributed by atoms with Crippen LogP contribution in [0.15, 0.2) is 36.4 Å². The molecule has 1 atom stereocenters. The van der Waals surface area contributed by atoms with Crippen LogP contribution in [-0.2, 0) is 0 Å². The zero-order chi connectivity index (χ0) is 14.8. The zero-order valence-corrected chi connectivity index (χ0v) is 10.9. The molecule has 0 aromatic heterocycles. The van der Waals surface area contributed by atoms with E-state index in [1.165, 1.54) is 0 Å². The molecule has 1 heterocycles. The van der Waals surface area contributed by atoms with Crippen LogP contribution in [0.2, 0.25) is 0 Å². The van der Waals surface area contributed by atoms with Crippen molar-refractivity contribution >= 4 is 0 Å². The SMILES string of the molecule is OC(COc1cc(F)ccc1F)c1ccc2c(c1)OCO2. The van der Waals surface area contributed by atoms with Gasteiger partial charge in [-0.2, -0.15) is 0 Å². The second-order valence-corrected chi connectivity index (χ2v) is 4.51. The van der Waals surface area contributed by atoms with Crippen molar-refractivity contribution in [3.8, 4) is 17.2 Å². The average Bonchev–Trinajstić information content (AvgIpc) is 2.95. The van der Waals surface area contributed by atoms with Gasteiger partial charge in [0.25, 0.3) is 0 Å². The van der Waals surface area contributed by atoms with Gasteiger partial charge in [-0.25, -0.2) is 8.78 Å². The molecule has 21 heavy (non-hydrogen) atoms. The number of ether oxygens (including phenoxy) is 3. The van der Waals surface area contributed by atoms with Gasteiger partial charge in [0.2, 0.25) is 6.79 Å². The van der Waals surface area contributed by atoms with Gasteiger partial charge in [0.05, 0.1) is 0 Å². The fraction of sp³-hybridized carbons (Fsp3) is 0.200. The zero-order valence-electron chi connectivity index (χ0n) is 10.9. The number of fused-ring (bicyclic) bond motifs is 1. The summed E-state index contributed by atoms with van der Waals surface area (Å²) >= 11 is 0. The van der Waals surface area contributed by atoms with Gasteiger partial charge in [0.1, 0.15) is 18.5 Å². The lowest BCUT2D eigenvalue weighted by Crippen LogP contribution is -2.10. The van der Waals surface area contributed by atoms with Crippen LogP contribution in [0.1, 0.15) is 11.7 Å². The molecule has 1 aliphatic heterocycles. The minimum absolute atomic E-state index is 0.139. The van der Waals surface area contributed by atoms with Crippen molar-refractivity contribution in [2.45, 2.75) is 6.10 Å². The molecule has 0 radical (unpaired) electrons. The van der Waals surface area contributed by atoms with E-state index < -0.39 is 17.7 Å². The third-order valence-corrected chi connectivity index (χ3v) is 3.07. The Bertz CT molecular complexity index is 660. The lowest BCUT2D eigenvalue weighted by Gasteiger charge is -2.13. The lowest BCUT2D eigenvalue weighted by atomic mass is 10.1. The summed E-state index contributed by atoms with van der Waals surface area (Å²) in [7, 11) is 0. The third kappa shape index (κ3) is 2.90. The summed E-state index contributed by atoms with van der Waals surface area (Å²) in [6, 6.07) is 7.85. The van der Waals surface area contributed by atoms with Crippen molar-refractivity contribution in [3.05, 3.63) is 53.6 Å². The van der Waals surface area contributed by atoms with Crippen molar-refractivity contribution < 1.29 is 28.1 Å². The standard InChI is InChI=1S/C15H12F2O4/c16-10-2-3-11(17)14(6-10)19-7-12(18)9-1-4-13-15(5-9)21-8-20-13/h1-6,12,18H,7-8H2. The highest BCUT2D eigenvalue weighted by molar-refractivity contribution is 5.45. The quantitative estimate of drug-likeness (QED) is 0.942. The number of aliphatic hydroxyl groups is 1. The summed E-state index contributed by atoms with van der Waals surface area (Å²) in [5.41, 5.74) is 0.538. The molecule has 0 fully saturated rings. The van der Waals surface area contributed by atoms with E-state index >= 15 is 0 Å². The van der Waals surface area contributed by atoms with Crippen molar-refractivity contribution in [3.63, 3.8) is 0 Å². The van der Waals surface area contributed by atoms with Crippen LogP contribution in [0.5, 0.6) is 17.2 Å². The molecule has 0 aliphatic carbocycles. The lowest BCUT2D eigenvalue weighted by molar-refractivity contribution is 0.105. The van der Waals surface area contributed by atoms with Crippen molar-refractivity contribution in [1.82, 2.24) is 0 Å². The third-order valence-electron chi connectivity index (χ3n) is 3.07. The Labute approximate surface area is 119 Å². The van der Waals surface area contributed by atoms with Crippen molar-refractivity contribution in [2.75, 3.05) is 13.4 Å². The Kier molecular flexibility index (Phi) is 3.62. The molecule has 2 aromatic carbocycles. The average molecular weight is 294 g/mol. The molecule has 0 bridgehead atoms. The molecule has 0 amide bonds. The molecular weight excluding hydrogens is 282 g/mol. The maximum atomic E-state index is 13.4. The van der Waals surface area contributed by atoms with E-state index in [4.69, 9.17) is 14.2 Å². The number of benzene rings is 2. The Hall–Kier alpha value is -2.34. The predicted octanol–water partition coefficient (Wildman–Crippen LogP) is 2.81. The normalized spacial score (nSPS) is 14.0. The first-order valence-corrected chi connectivity index (χ1v) is 6.29. The molecule has 0 saturated carbocycles. The summed E-state index contributed by atoms with van der Waals surface area (Å²) in [6.07, 6.45) is -0.998. The van der Waals surface area contributed by atoms with E-state index in [0.717, 1.165) is 18.2 Å². The van der Waals surface area contributed by atoms with Crippen molar-refractivity contribution in [2.24, 2.45) is 0 Å². The molecule has 110 valence electrons. The van der Waals surface area contributed by atoms with Gasteiger partial charge in [-0.05, 0) is 29.8 Å². The molecule has 4 nitrogen and oxygen atoms in total. The Morgan fingerprint density at radius 2 is 1.90 bits per heavy atom. The molecule has 1 aliphatic rings. The number of halogens is 2. The fourth-order valence-corrected chi connectivity index (χ4v) is 1.97. The highest BCUT2D eigenvalue weighted by Gasteiger charge is 2.17. The van der Waals surface area contributed by atoms with Gasteiger partial charge in [0, 0.05) is 6.07 Å². The van der Waals surface area contributed by atoms with Crippen LogP contribution in [0.25, 0.3) is 0 Å². The van der Waals surface area contributed by atoms with Crippen LogP contribution in [-0.4, -0.2) is 18.5 Å². The monoisotopic (exact) mass is 294 g/mol. The van der Waals surface area contributed by atoms with E-state index in [1.54, 1.807) is 18.2 Å². The molecule has 2 aromatic rings. The van der Waals surface area contributed by atoms with E-state index in [1.807, 2.05) is 0 Å². The molecule has 0 spiro atoms. The van der Waals surface area contributed by atoms with Gasteiger partial charge in [-0.15, -0.1) is 0 Å². The van der Waals surface area contributed by atoms with Gasteiger partial charge in [-0.3, -0.25) is 0 Å². The molecular formula is C15H12F2O4. The second-order valence-electron chi connectivity index (χ2n) is 4.51. The molecule has 0 saturated heterocycles. The first-order valence-electron chi connectivity index (χ1n) is 6.29. The largest absolute Gasteiger partial charge is 0.487 e. The maximum absolute atomic E-state index is 13.4. The van der Waals surface area contributed by atoms with E-state index in [0.29, 0.717) is 17.1 Å². The minimum atomic E-state index is -0.998. The number of hydrogen-bond donors (Lipinski definition) is 1. The highest BCUT2D eigenvalue weighted by Crippen LogP contribution is 2.34. The summed E-state index contributed by atoms with van der Waals surface area (Å²) < 4.78 is 41.9. The minimum Gasteiger partial charge on any atom is -0.487 e. The van der Waals surface area contributed by atoms with Gasteiger partial charge in [-0.1, -0.05) is 6.07 Å². The first kappa shape index (κ1) is 13.6. The van der Waals surface area contributed by atoms with Crippen molar-refractivity contribution in [1.29, 1.82) is 0 Å². The van der Waals surface area contributed by atoms with E-state index in [-0.39, 0.29) is 19.1 Å². The van der Waals surface area contributed by atoms with Crippen LogP contribution < -0.4 is 14.2 Å². The molecule has 1 unspecified atom stereocenters. The fourth-order valence-electron chi connectivity index (χ4n) is 1.97. The summed E-state index contributed by atoms with van der Waals surface area (Å²) in [5.74, 6) is -0.403. The van der Waals surface area contributed by atoms with Crippen LogP contribution in [0, 0.1) is 11.6 Å². The smallest absolute Gasteiger partial charge is 0.231 e. The Morgan fingerprint density at radius 1 is 1.10 bits per heavy atom. The predicted molar refractivity (Wildman–Crippen MR) is 69.4 cm³/mol. The summed E-state index contributed by atoms with van der Waals surface area (Å²) in [6.45, 7) is -0.0695. The van der Waals surface area contributed by atoms with Crippen LogP contribution in [0.4, 0.5) is 8.78 Å². The number of hydrogen-bond acceptors (Lipinski definition) is 4. The Morgan fingerprint density at radius 3 is 2.76 bits per heavy atom. The maximum Gasteiger partial charge on any atom is 0.231 e. The first-order chi connectivity index (χ1) is 10.1.